The third-order valence-electron chi connectivity index (χ3n) is 8.97. The minimum atomic E-state index is 0.636. The first-order valence-electron chi connectivity index (χ1n) is 16.4. The van der Waals surface area contributed by atoms with Crippen molar-refractivity contribution in [2.45, 2.75) is 0 Å². The van der Waals surface area contributed by atoms with Gasteiger partial charge in [0, 0.05) is 36.9 Å². The van der Waals surface area contributed by atoms with Crippen molar-refractivity contribution in [3.8, 4) is 67.5 Å². The maximum absolute atomic E-state index is 5.18. The fraction of sp³-hybridized carbons (Fsp3) is 0. The fourth-order valence-electron chi connectivity index (χ4n) is 6.58. The van der Waals surface area contributed by atoms with Crippen molar-refractivity contribution in [1.29, 1.82) is 0 Å². The first-order valence-corrected chi connectivity index (χ1v) is 17.2. The average molecular weight is 644 g/mol. The van der Waals surface area contributed by atoms with Crippen LogP contribution in [0.2, 0.25) is 0 Å². The van der Waals surface area contributed by atoms with Gasteiger partial charge in [0.1, 0.15) is 0 Å². The third kappa shape index (κ3) is 5.48. The lowest BCUT2D eigenvalue weighted by Gasteiger charge is -2.16. The van der Waals surface area contributed by atoms with Crippen molar-refractivity contribution in [3.63, 3.8) is 0 Å². The number of aromatic nitrogens is 3. The van der Waals surface area contributed by atoms with Crippen molar-refractivity contribution in [2.75, 3.05) is 0 Å². The molecule has 0 amide bonds. The lowest BCUT2D eigenvalue weighted by Crippen LogP contribution is -2.01. The van der Waals surface area contributed by atoms with E-state index in [0.717, 1.165) is 38.9 Å². The summed E-state index contributed by atoms with van der Waals surface area (Å²) in [4.78, 5) is 15.3. The van der Waals surface area contributed by atoms with E-state index in [0.29, 0.717) is 17.5 Å². The van der Waals surface area contributed by atoms with Crippen LogP contribution in [0, 0.1) is 0 Å². The Balaban J connectivity index is 1.31. The van der Waals surface area contributed by atoms with Crippen LogP contribution in [0.15, 0.2) is 176 Å². The van der Waals surface area contributed by atoms with Crippen molar-refractivity contribution in [2.24, 2.45) is 0 Å². The predicted octanol–water partition coefficient (Wildman–Crippen LogP) is 12.2. The molecule has 4 heteroatoms. The molecular formula is C45H29N3S. The second-order valence-electron chi connectivity index (χ2n) is 12.0. The first-order chi connectivity index (χ1) is 24.3. The van der Waals surface area contributed by atoms with E-state index < -0.39 is 0 Å². The Morgan fingerprint density at radius 2 is 0.755 bits per heavy atom. The molecule has 0 radical (unpaired) electrons. The highest BCUT2D eigenvalue weighted by molar-refractivity contribution is 7.25. The standard InChI is InChI=1S/C45H29N3S/c1-4-14-30(15-5-1)35-20-10-11-21-36(35)33-24-26-37(34-25-27-42-39(28-34)38-22-12-13-23-41(38)49-42)40(29-33)45-47-43(31-16-6-2-7-17-31)46-44(48-45)32-18-8-3-9-19-32/h1-29H. The van der Waals surface area contributed by atoms with Gasteiger partial charge in [0.25, 0.3) is 0 Å². The molecule has 49 heavy (non-hydrogen) atoms. The van der Waals surface area contributed by atoms with Gasteiger partial charge in [-0.15, -0.1) is 11.3 Å². The van der Waals surface area contributed by atoms with Gasteiger partial charge in [0.2, 0.25) is 0 Å². The predicted molar refractivity (Wildman–Crippen MR) is 205 cm³/mol. The van der Waals surface area contributed by atoms with E-state index in [4.69, 9.17) is 15.0 Å². The summed E-state index contributed by atoms with van der Waals surface area (Å²) in [6, 6.07) is 61.6. The summed E-state index contributed by atoms with van der Waals surface area (Å²) in [6.45, 7) is 0. The Hall–Kier alpha value is -6.23. The molecule has 0 spiro atoms. The molecule has 0 aliphatic carbocycles. The quantitative estimate of drug-likeness (QED) is 0.181. The molecule has 9 aromatic rings. The Labute approximate surface area is 288 Å². The van der Waals surface area contributed by atoms with Crippen LogP contribution < -0.4 is 0 Å². The topological polar surface area (TPSA) is 38.7 Å². The van der Waals surface area contributed by atoms with E-state index in [9.17, 15) is 0 Å². The normalized spacial score (nSPS) is 11.3. The minimum absolute atomic E-state index is 0.636. The van der Waals surface area contributed by atoms with E-state index in [1.165, 1.54) is 31.3 Å². The second-order valence-corrected chi connectivity index (χ2v) is 13.1. The Morgan fingerprint density at radius 3 is 1.43 bits per heavy atom. The van der Waals surface area contributed by atoms with Crippen molar-refractivity contribution in [3.05, 3.63) is 176 Å². The number of hydrogen-bond donors (Lipinski definition) is 0. The van der Waals surface area contributed by atoms with E-state index in [1.807, 2.05) is 47.7 Å². The van der Waals surface area contributed by atoms with Crippen LogP contribution >= 0.6 is 11.3 Å². The minimum Gasteiger partial charge on any atom is -0.208 e. The van der Waals surface area contributed by atoms with E-state index in [-0.39, 0.29) is 0 Å². The number of hydrogen-bond acceptors (Lipinski definition) is 4. The summed E-state index contributed by atoms with van der Waals surface area (Å²) in [5, 5.41) is 2.53. The maximum Gasteiger partial charge on any atom is 0.164 e. The number of nitrogens with zero attached hydrogens (tertiary/aromatic N) is 3. The van der Waals surface area contributed by atoms with Gasteiger partial charge in [-0.1, -0.05) is 152 Å². The van der Waals surface area contributed by atoms with E-state index in [1.54, 1.807) is 0 Å². The molecule has 0 saturated heterocycles. The molecule has 0 bridgehead atoms. The third-order valence-corrected chi connectivity index (χ3v) is 10.1. The molecule has 0 aliphatic rings. The summed E-state index contributed by atoms with van der Waals surface area (Å²) < 4.78 is 2.57. The van der Waals surface area contributed by atoms with Gasteiger partial charge in [-0.2, -0.15) is 0 Å². The zero-order valence-electron chi connectivity index (χ0n) is 26.5. The van der Waals surface area contributed by atoms with E-state index >= 15 is 0 Å². The van der Waals surface area contributed by atoms with Gasteiger partial charge < -0.3 is 0 Å². The first kappa shape index (κ1) is 29.0. The average Bonchev–Trinajstić information content (AvgIpc) is 3.56. The van der Waals surface area contributed by atoms with Crippen molar-refractivity contribution < 1.29 is 0 Å². The Bertz CT molecular complexity index is 2540. The Morgan fingerprint density at radius 1 is 0.286 bits per heavy atom. The smallest absolute Gasteiger partial charge is 0.164 e. The summed E-state index contributed by atoms with van der Waals surface area (Å²) in [5.74, 6) is 1.92. The zero-order chi connectivity index (χ0) is 32.6. The molecule has 7 aromatic carbocycles. The second kappa shape index (κ2) is 12.4. The van der Waals surface area contributed by atoms with Crippen LogP contribution in [0.4, 0.5) is 0 Å². The summed E-state index contributed by atoms with van der Waals surface area (Å²) in [6.07, 6.45) is 0. The van der Waals surface area contributed by atoms with Gasteiger partial charge in [0.05, 0.1) is 0 Å². The molecule has 3 nitrogen and oxygen atoms in total. The van der Waals surface area contributed by atoms with Crippen LogP contribution in [0.3, 0.4) is 0 Å². The van der Waals surface area contributed by atoms with Crippen LogP contribution in [-0.2, 0) is 0 Å². The molecule has 0 N–H and O–H groups in total. The molecule has 0 unspecified atom stereocenters. The number of rotatable bonds is 6. The fourth-order valence-corrected chi connectivity index (χ4v) is 7.66. The Kier molecular flexibility index (Phi) is 7.34. The molecule has 0 atom stereocenters. The summed E-state index contributed by atoms with van der Waals surface area (Å²) in [7, 11) is 0. The number of thiophene rings is 1. The highest BCUT2D eigenvalue weighted by Gasteiger charge is 2.19. The van der Waals surface area contributed by atoms with Crippen LogP contribution in [-0.4, -0.2) is 15.0 Å². The van der Waals surface area contributed by atoms with Gasteiger partial charge in [-0.3, -0.25) is 0 Å². The monoisotopic (exact) mass is 643 g/mol. The maximum atomic E-state index is 5.18. The molecular weight excluding hydrogens is 615 g/mol. The molecule has 0 saturated carbocycles. The lowest BCUT2D eigenvalue weighted by molar-refractivity contribution is 1.07. The van der Waals surface area contributed by atoms with Gasteiger partial charge in [-0.25, -0.2) is 15.0 Å². The van der Waals surface area contributed by atoms with Crippen molar-refractivity contribution >= 4 is 31.5 Å². The SMILES string of the molecule is c1ccc(-c2nc(-c3ccccc3)nc(-c3cc(-c4ccccc4-c4ccccc4)ccc3-c3ccc4sc5ccccc5c4c3)n2)cc1. The van der Waals surface area contributed by atoms with Gasteiger partial charge >= 0.3 is 0 Å². The highest BCUT2D eigenvalue weighted by Crippen LogP contribution is 2.41. The molecule has 2 heterocycles. The molecule has 2 aromatic heterocycles. The molecule has 9 rings (SSSR count). The molecule has 230 valence electrons. The van der Waals surface area contributed by atoms with E-state index in [2.05, 4.69) is 140 Å². The molecule has 0 fully saturated rings. The van der Waals surface area contributed by atoms with Gasteiger partial charge in [-0.05, 0) is 57.6 Å². The highest BCUT2D eigenvalue weighted by atomic mass is 32.1. The number of fused-ring (bicyclic) bond motifs is 3. The zero-order valence-corrected chi connectivity index (χ0v) is 27.3. The van der Waals surface area contributed by atoms with Crippen LogP contribution in [0.1, 0.15) is 0 Å². The van der Waals surface area contributed by atoms with Crippen molar-refractivity contribution in [1.82, 2.24) is 15.0 Å². The number of benzene rings is 7. The summed E-state index contributed by atoms with van der Waals surface area (Å²) >= 11 is 1.83. The van der Waals surface area contributed by atoms with Crippen LogP contribution in [0.5, 0.6) is 0 Å². The lowest BCUT2D eigenvalue weighted by atomic mass is 9.90. The van der Waals surface area contributed by atoms with Crippen LogP contribution in [0.25, 0.3) is 87.7 Å². The van der Waals surface area contributed by atoms with Gasteiger partial charge in [0.15, 0.2) is 17.5 Å². The summed E-state index contributed by atoms with van der Waals surface area (Å²) in [5.41, 5.74) is 9.65. The largest absolute Gasteiger partial charge is 0.208 e. The molecule has 0 aliphatic heterocycles.